The second-order valence-electron chi connectivity index (χ2n) is 4.44. The van der Waals surface area contributed by atoms with Gasteiger partial charge in [-0.05, 0) is 26.0 Å². The lowest BCUT2D eigenvalue weighted by Gasteiger charge is -2.34. The van der Waals surface area contributed by atoms with Crippen LogP contribution in [0.2, 0.25) is 0 Å². The minimum absolute atomic E-state index is 0.533. The van der Waals surface area contributed by atoms with E-state index in [4.69, 9.17) is 4.74 Å². The molecule has 1 N–H and O–H groups in total. The Morgan fingerprint density at radius 3 is 3.22 bits per heavy atom. The van der Waals surface area contributed by atoms with E-state index in [0.29, 0.717) is 6.61 Å². The topological polar surface area (TPSA) is 36.9 Å². The maximum absolute atomic E-state index is 6.00. The second kappa shape index (κ2) is 6.39. The van der Waals surface area contributed by atoms with Gasteiger partial charge in [0.05, 0.1) is 25.0 Å². The molecule has 1 atom stereocenters. The van der Waals surface area contributed by atoms with Gasteiger partial charge in [-0.2, -0.15) is 0 Å². The van der Waals surface area contributed by atoms with Gasteiger partial charge in [0, 0.05) is 19.5 Å². The van der Waals surface area contributed by atoms with E-state index in [0.717, 1.165) is 25.9 Å². The Hall–Kier alpha value is -0.800. The van der Waals surface area contributed by atoms with Crippen molar-refractivity contribution in [3.05, 3.63) is 11.6 Å². The Kier molecular flexibility index (Phi) is 4.84. The van der Waals surface area contributed by atoms with Crippen molar-refractivity contribution in [2.45, 2.75) is 25.5 Å². The van der Waals surface area contributed by atoms with Crippen LogP contribution in [0, 0.1) is 11.8 Å². The number of likely N-dealkylation sites (N-methyl/N-ethyl adjacent to an activating group) is 1. The van der Waals surface area contributed by atoms with Crippen molar-refractivity contribution in [2.24, 2.45) is 4.40 Å². The van der Waals surface area contributed by atoms with Gasteiger partial charge in [0.2, 0.25) is 0 Å². The average Bonchev–Trinajstić information content (AvgIpc) is 2.85. The van der Waals surface area contributed by atoms with Crippen LogP contribution in [0.3, 0.4) is 0 Å². The highest BCUT2D eigenvalue weighted by Gasteiger charge is 2.38. The summed E-state index contributed by atoms with van der Waals surface area (Å²) in [5.41, 5.74) is 0.712. The molecule has 0 bridgehead atoms. The molecular weight excluding hydrogens is 246 g/mol. The average molecular weight is 265 g/mol. The smallest absolute Gasteiger partial charge is 0.189 e. The summed E-state index contributed by atoms with van der Waals surface area (Å²) in [6.45, 7) is 4.48. The van der Waals surface area contributed by atoms with Gasteiger partial charge < -0.3 is 9.64 Å². The molecule has 18 heavy (non-hydrogen) atoms. The molecular formula is C13H19N3OS. The fourth-order valence-electron chi connectivity index (χ4n) is 2.08. The molecule has 0 aromatic rings. The zero-order chi connectivity index (χ0) is 12.8. The first kappa shape index (κ1) is 13.6. The summed E-state index contributed by atoms with van der Waals surface area (Å²) >= 11 is 1.34. The maximum Gasteiger partial charge on any atom is 0.189 e. The lowest BCUT2D eigenvalue weighted by atomic mass is 10.00. The first-order valence-corrected chi connectivity index (χ1v) is 6.93. The lowest BCUT2D eigenvalue weighted by Crippen LogP contribution is -2.49. The summed E-state index contributed by atoms with van der Waals surface area (Å²) in [4.78, 5) is 2.30. The van der Waals surface area contributed by atoms with Gasteiger partial charge in [0.1, 0.15) is 0 Å². The molecule has 0 aromatic heterocycles. The zero-order valence-electron chi connectivity index (χ0n) is 10.9. The molecule has 0 aromatic carbocycles. The van der Waals surface area contributed by atoms with Crippen LogP contribution in [0.1, 0.15) is 19.8 Å². The number of hydrogen-bond acceptors (Lipinski definition) is 5. The third-order valence-electron chi connectivity index (χ3n) is 3.04. The lowest BCUT2D eigenvalue weighted by molar-refractivity contribution is 0.0311. The summed E-state index contributed by atoms with van der Waals surface area (Å²) in [6.07, 6.45) is 5.94. The molecule has 2 rings (SSSR count). The van der Waals surface area contributed by atoms with Crippen molar-refractivity contribution < 1.29 is 4.74 Å². The molecule has 0 amide bonds. The van der Waals surface area contributed by atoms with Gasteiger partial charge in [-0.1, -0.05) is 6.08 Å². The normalized spacial score (nSPS) is 27.8. The summed E-state index contributed by atoms with van der Waals surface area (Å²) < 4.78 is 13.5. The van der Waals surface area contributed by atoms with Crippen LogP contribution in [0.15, 0.2) is 16.0 Å². The third kappa shape index (κ3) is 3.15. The minimum Gasteiger partial charge on any atom is -0.349 e. The molecule has 5 heteroatoms. The molecule has 0 fully saturated rings. The number of nitrogens with zero attached hydrogens (tertiary/aromatic N) is 2. The quantitative estimate of drug-likeness (QED) is 0.363. The third-order valence-corrected chi connectivity index (χ3v) is 3.64. The van der Waals surface area contributed by atoms with E-state index in [-0.39, 0.29) is 0 Å². The van der Waals surface area contributed by atoms with Gasteiger partial charge >= 0.3 is 0 Å². The summed E-state index contributed by atoms with van der Waals surface area (Å²) in [7, 11) is 2.13. The highest BCUT2D eigenvalue weighted by molar-refractivity contribution is 7.96. The highest BCUT2D eigenvalue weighted by Crippen LogP contribution is 2.28. The SMILES string of the molecule is CC#CCCOC1(C2=CCCN(C)C2)C=NSN1. The molecule has 1 unspecified atom stereocenters. The molecule has 2 heterocycles. The van der Waals surface area contributed by atoms with Crippen LogP contribution in [-0.4, -0.2) is 43.6 Å². The first-order chi connectivity index (χ1) is 8.77. The van der Waals surface area contributed by atoms with Gasteiger partial charge in [0.25, 0.3) is 0 Å². The molecule has 0 spiro atoms. The van der Waals surface area contributed by atoms with E-state index in [2.05, 4.69) is 39.0 Å². The molecule has 4 nitrogen and oxygen atoms in total. The maximum atomic E-state index is 6.00. The Bertz CT molecular complexity index is 410. The van der Waals surface area contributed by atoms with Gasteiger partial charge in [-0.3, -0.25) is 0 Å². The van der Waals surface area contributed by atoms with Crippen molar-refractivity contribution in [2.75, 3.05) is 26.7 Å². The predicted octanol–water partition coefficient (Wildman–Crippen LogP) is 1.61. The van der Waals surface area contributed by atoms with Crippen molar-refractivity contribution in [3.63, 3.8) is 0 Å². The minimum atomic E-state index is -0.533. The van der Waals surface area contributed by atoms with Crippen molar-refractivity contribution in [1.82, 2.24) is 9.62 Å². The van der Waals surface area contributed by atoms with E-state index in [1.54, 1.807) is 0 Å². The standard InChI is InChI=1S/C13H19N3OS/c1-3-4-5-9-17-13(11-14-18-15-13)12-7-6-8-16(2)10-12/h7,11,15H,5-6,8-10H2,1-2H3. The number of rotatable bonds is 4. The van der Waals surface area contributed by atoms with Crippen molar-refractivity contribution >= 4 is 18.3 Å². The van der Waals surface area contributed by atoms with Crippen LogP contribution < -0.4 is 4.72 Å². The number of ether oxygens (including phenoxy) is 1. The zero-order valence-corrected chi connectivity index (χ0v) is 11.7. The van der Waals surface area contributed by atoms with E-state index in [1.165, 1.54) is 17.7 Å². The number of hydrogen-bond donors (Lipinski definition) is 1. The van der Waals surface area contributed by atoms with Crippen LogP contribution in [0.4, 0.5) is 0 Å². The van der Waals surface area contributed by atoms with Gasteiger partial charge in [-0.25, -0.2) is 9.12 Å². The van der Waals surface area contributed by atoms with Crippen molar-refractivity contribution in [1.29, 1.82) is 0 Å². The monoisotopic (exact) mass is 265 g/mol. The van der Waals surface area contributed by atoms with E-state index < -0.39 is 5.72 Å². The van der Waals surface area contributed by atoms with Gasteiger partial charge in [0.15, 0.2) is 5.72 Å². The number of nitrogens with one attached hydrogen (secondary N) is 1. The molecule has 0 aliphatic carbocycles. The summed E-state index contributed by atoms with van der Waals surface area (Å²) in [6, 6.07) is 0. The highest BCUT2D eigenvalue weighted by atomic mass is 32.2. The van der Waals surface area contributed by atoms with E-state index >= 15 is 0 Å². The van der Waals surface area contributed by atoms with Crippen LogP contribution >= 0.6 is 12.1 Å². The van der Waals surface area contributed by atoms with Crippen LogP contribution in [0.25, 0.3) is 0 Å². The Balaban J connectivity index is 2.03. The summed E-state index contributed by atoms with van der Waals surface area (Å²) in [5.74, 6) is 5.90. The van der Waals surface area contributed by atoms with E-state index in [9.17, 15) is 0 Å². The predicted molar refractivity (Wildman–Crippen MR) is 76.2 cm³/mol. The second-order valence-corrected chi connectivity index (χ2v) is 5.04. The largest absolute Gasteiger partial charge is 0.349 e. The molecule has 0 saturated heterocycles. The van der Waals surface area contributed by atoms with Crippen LogP contribution in [-0.2, 0) is 4.74 Å². The summed E-state index contributed by atoms with van der Waals surface area (Å²) in [5, 5.41) is 0. The Labute approximate surface area is 113 Å². The van der Waals surface area contributed by atoms with Crippen molar-refractivity contribution in [3.8, 4) is 11.8 Å². The fourth-order valence-corrected chi connectivity index (χ4v) is 2.71. The molecule has 0 radical (unpaired) electrons. The molecule has 2 aliphatic rings. The van der Waals surface area contributed by atoms with Gasteiger partial charge in [-0.15, -0.1) is 11.8 Å². The first-order valence-electron chi connectivity index (χ1n) is 6.16. The fraction of sp³-hybridized carbons (Fsp3) is 0.615. The van der Waals surface area contributed by atoms with E-state index in [1.807, 2.05) is 13.1 Å². The molecule has 98 valence electrons. The van der Waals surface area contributed by atoms with Crippen LogP contribution in [0.5, 0.6) is 0 Å². The Morgan fingerprint density at radius 2 is 2.56 bits per heavy atom. The molecule has 2 aliphatic heterocycles. The molecule has 0 saturated carbocycles. The Morgan fingerprint density at radius 1 is 1.67 bits per heavy atom.